The SMILES string of the molecule is Cn1c(Sc2nnc(NCc3ccc(F)cc3)s2)c(C#N)c(=O)n(C)c1=O. The Balaban J connectivity index is 1.80. The molecule has 138 valence electrons. The maximum atomic E-state index is 12.9. The molecule has 0 aliphatic carbocycles. The molecule has 0 spiro atoms. The van der Waals surface area contributed by atoms with Crippen molar-refractivity contribution in [1.82, 2.24) is 19.3 Å². The molecular weight excluding hydrogens is 391 g/mol. The van der Waals surface area contributed by atoms with Crippen LogP contribution in [0, 0.1) is 17.1 Å². The van der Waals surface area contributed by atoms with Crippen molar-refractivity contribution in [3.8, 4) is 6.07 Å². The molecule has 0 aliphatic heterocycles. The lowest BCUT2D eigenvalue weighted by molar-refractivity contribution is 0.627. The van der Waals surface area contributed by atoms with Crippen LogP contribution in [0.3, 0.4) is 0 Å². The molecule has 3 rings (SSSR count). The third-order valence-corrected chi connectivity index (χ3v) is 5.77. The van der Waals surface area contributed by atoms with Gasteiger partial charge in [-0.3, -0.25) is 13.9 Å². The normalized spacial score (nSPS) is 10.6. The fourth-order valence-corrected chi connectivity index (χ4v) is 4.04. The first-order valence-corrected chi connectivity index (χ1v) is 9.23. The van der Waals surface area contributed by atoms with Crippen LogP contribution in [0.15, 0.2) is 43.2 Å². The van der Waals surface area contributed by atoms with Gasteiger partial charge >= 0.3 is 5.69 Å². The average molecular weight is 404 g/mol. The van der Waals surface area contributed by atoms with E-state index in [1.807, 2.05) is 6.07 Å². The highest BCUT2D eigenvalue weighted by molar-refractivity contribution is 8.01. The Labute approximate surface area is 160 Å². The van der Waals surface area contributed by atoms with Gasteiger partial charge in [0.15, 0.2) is 4.34 Å². The molecular formula is C16H13FN6O2S2. The molecule has 0 amide bonds. The maximum Gasteiger partial charge on any atom is 0.331 e. The van der Waals surface area contributed by atoms with Gasteiger partial charge in [0, 0.05) is 20.6 Å². The lowest BCUT2D eigenvalue weighted by Crippen LogP contribution is -2.39. The number of halogens is 1. The summed E-state index contributed by atoms with van der Waals surface area (Å²) >= 11 is 2.25. The molecule has 2 aromatic heterocycles. The maximum absolute atomic E-state index is 12.9. The number of hydrogen-bond donors (Lipinski definition) is 1. The molecule has 27 heavy (non-hydrogen) atoms. The van der Waals surface area contributed by atoms with Crippen LogP contribution in [0.1, 0.15) is 11.1 Å². The Bertz CT molecular complexity index is 1140. The summed E-state index contributed by atoms with van der Waals surface area (Å²) in [6.07, 6.45) is 0. The molecule has 0 saturated heterocycles. The van der Waals surface area contributed by atoms with E-state index in [9.17, 15) is 19.2 Å². The summed E-state index contributed by atoms with van der Waals surface area (Å²) in [4.78, 5) is 24.2. The van der Waals surface area contributed by atoms with Gasteiger partial charge in [0.1, 0.15) is 22.5 Å². The fraction of sp³-hybridized carbons (Fsp3) is 0.188. The van der Waals surface area contributed by atoms with Gasteiger partial charge in [-0.1, -0.05) is 23.5 Å². The smallest absolute Gasteiger partial charge is 0.331 e. The first-order chi connectivity index (χ1) is 12.9. The van der Waals surface area contributed by atoms with Crippen molar-refractivity contribution in [2.75, 3.05) is 5.32 Å². The van der Waals surface area contributed by atoms with Crippen molar-refractivity contribution >= 4 is 28.2 Å². The highest BCUT2D eigenvalue weighted by Crippen LogP contribution is 2.32. The molecule has 1 N–H and O–H groups in total. The topological polar surface area (TPSA) is 106 Å². The van der Waals surface area contributed by atoms with Crippen molar-refractivity contribution in [2.24, 2.45) is 14.1 Å². The largest absolute Gasteiger partial charge is 0.356 e. The first kappa shape index (κ1) is 18.8. The highest BCUT2D eigenvalue weighted by atomic mass is 32.2. The number of hydrogen-bond acceptors (Lipinski definition) is 8. The van der Waals surface area contributed by atoms with Crippen LogP contribution in [-0.4, -0.2) is 19.3 Å². The zero-order chi connectivity index (χ0) is 19.6. The molecule has 0 saturated carbocycles. The zero-order valence-electron chi connectivity index (χ0n) is 14.3. The fourth-order valence-electron chi connectivity index (χ4n) is 2.23. The molecule has 0 radical (unpaired) electrons. The average Bonchev–Trinajstić information content (AvgIpc) is 3.12. The number of anilines is 1. The van der Waals surface area contributed by atoms with Crippen LogP contribution in [0.4, 0.5) is 9.52 Å². The van der Waals surface area contributed by atoms with Gasteiger partial charge in [-0.25, -0.2) is 9.18 Å². The van der Waals surface area contributed by atoms with Gasteiger partial charge in [-0.15, -0.1) is 10.2 Å². The summed E-state index contributed by atoms with van der Waals surface area (Å²) in [6.45, 7) is 0.438. The molecule has 3 aromatic rings. The molecule has 0 aliphatic rings. The summed E-state index contributed by atoms with van der Waals surface area (Å²) in [5, 5.41) is 21.1. The quantitative estimate of drug-likeness (QED) is 0.645. The van der Waals surface area contributed by atoms with Crippen molar-refractivity contribution in [1.29, 1.82) is 5.26 Å². The van der Waals surface area contributed by atoms with Crippen LogP contribution in [0.25, 0.3) is 0 Å². The van der Waals surface area contributed by atoms with E-state index < -0.39 is 11.2 Å². The third-order valence-electron chi connectivity index (χ3n) is 3.67. The number of nitriles is 1. The van der Waals surface area contributed by atoms with Gasteiger partial charge in [-0.05, 0) is 29.5 Å². The van der Waals surface area contributed by atoms with E-state index in [1.165, 1.54) is 42.1 Å². The van der Waals surface area contributed by atoms with Crippen molar-refractivity contribution in [3.05, 3.63) is 62.0 Å². The van der Waals surface area contributed by atoms with Crippen molar-refractivity contribution in [3.63, 3.8) is 0 Å². The van der Waals surface area contributed by atoms with Gasteiger partial charge in [0.2, 0.25) is 5.13 Å². The molecule has 0 unspecified atom stereocenters. The molecule has 2 heterocycles. The minimum atomic E-state index is -0.651. The van der Waals surface area contributed by atoms with Crippen LogP contribution in [0.5, 0.6) is 0 Å². The summed E-state index contributed by atoms with van der Waals surface area (Å²) < 4.78 is 15.5. The van der Waals surface area contributed by atoms with Crippen LogP contribution >= 0.6 is 23.1 Å². The van der Waals surface area contributed by atoms with E-state index >= 15 is 0 Å². The number of rotatable bonds is 5. The molecule has 11 heteroatoms. The minimum absolute atomic E-state index is 0.124. The Morgan fingerprint density at radius 1 is 1.22 bits per heavy atom. The van der Waals surface area contributed by atoms with Gasteiger partial charge in [-0.2, -0.15) is 5.26 Å². The lowest BCUT2D eigenvalue weighted by Gasteiger charge is -2.09. The second-order valence-corrected chi connectivity index (χ2v) is 7.67. The van der Waals surface area contributed by atoms with Crippen LogP contribution in [0.2, 0.25) is 0 Å². The Morgan fingerprint density at radius 3 is 2.59 bits per heavy atom. The van der Waals surface area contributed by atoms with E-state index in [1.54, 1.807) is 12.1 Å². The highest BCUT2D eigenvalue weighted by Gasteiger charge is 2.18. The van der Waals surface area contributed by atoms with Gasteiger partial charge in [0.05, 0.1) is 0 Å². The predicted octanol–water partition coefficient (Wildman–Crippen LogP) is 1.71. The zero-order valence-corrected chi connectivity index (χ0v) is 15.9. The second kappa shape index (κ2) is 7.73. The van der Waals surface area contributed by atoms with Crippen molar-refractivity contribution < 1.29 is 4.39 Å². The number of nitrogens with zero attached hydrogens (tertiary/aromatic N) is 5. The first-order valence-electron chi connectivity index (χ1n) is 7.60. The van der Waals surface area contributed by atoms with E-state index in [2.05, 4.69) is 15.5 Å². The van der Waals surface area contributed by atoms with E-state index in [0.29, 0.717) is 16.0 Å². The molecule has 0 bridgehead atoms. The monoisotopic (exact) mass is 404 g/mol. The van der Waals surface area contributed by atoms with Crippen LogP contribution in [-0.2, 0) is 20.6 Å². The Kier molecular flexibility index (Phi) is 5.38. The van der Waals surface area contributed by atoms with E-state index in [-0.39, 0.29) is 16.4 Å². The third kappa shape index (κ3) is 3.91. The molecule has 1 aromatic carbocycles. The van der Waals surface area contributed by atoms with Crippen LogP contribution < -0.4 is 16.6 Å². The minimum Gasteiger partial charge on any atom is -0.356 e. The number of benzene rings is 1. The summed E-state index contributed by atoms with van der Waals surface area (Å²) in [6, 6.07) is 7.91. The Hall–Kier alpha value is -2.97. The molecule has 0 fully saturated rings. The Morgan fingerprint density at radius 2 is 1.93 bits per heavy atom. The number of nitrogens with one attached hydrogen (secondary N) is 1. The summed E-state index contributed by atoms with van der Waals surface area (Å²) in [5.41, 5.74) is -0.426. The summed E-state index contributed by atoms with van der Waals surface area (Å²) in [5.74, 6) is -0.304. The lowest BCUT2D eigenvalue weighted by atomic mass is 10.2. The van der Waals surface area contributed by atoms with E-state index in [4.69, 9.17) is 0 Å². The second-order valence-electron chi connectivity index (χ2n) is 5.45. The summed E-state index contributed by atoms with van der Waals surface area (Å²) in [7, 11) is 2.81. The standard InChI is InChI=1S/C16H13FN6O2S2/c1-22-12(24)11(7-18)13(23(2)16(22)25)26-15-21-20-14(27-15)19-8-9-3-5-10(17)6-4-9/h3-6H,8H2,1-2H3,(H,19,20). The number of aromatic nitrogens is 4. The molecule has 0 atom stereocenters. The van der Waals surface area contributed by atoms with Gasteiger partial charge < -0.3 is 5.32 Å². The van der Waals surface area contributed by atoms with Gasteiger partial charge in [0.25, 0.3) is 5.56 Å². The van der Waals surface area contributed by atoms with E-state index in [0.717, 1.165) is 21.9 Å². The predicted molar refractivity (Wildman–Crippen MR) is 99.4 cm³/mol. The molecule has 8 nitrogen and oxygen atoms in total. The van der Waals surface area contributed by atoms with Crippen molar-refractivity contribution in [2.45, 2.75) is 15.9 Å².